The van der Waals surface area contributed by atoms with E-state index in [2.05, 4.69) is 10.2 Å². The van der Waals surface area contributed by atoms with Gasteiger partial charge in [0.15, 0.2) is 0 Å². The number of nitrogens with two attached hydrogens (primary N) is 1. The molecular formula is C13H25N3. The number of likely N-dealkylation sites (tertiary alicyclic amines) is 1. The Labute approximate surface area is 98.8 Å². The van der Waals surface area contributed by atoms with Crippen LogP contribution in [0, 0.1) is 5.41 Å². The molecule has 3 N–H and O–H groups in total. The summed E-state index contributed by atoms with van der Waals surface area (Å²) in [5, 5.41) is 3.44. The average Bonchev–Trinajstić information content (AvgIpc) is 2.27. The quantitative estimate of drug-likeness (QED) is 0.695. The van der Waals surface area contributed by atoms with Gasteiger partial charge in [0, 0.05) is 31.7 Å². The Morgan fingerprint density at radius 1 is 1.12 bits per heavy atom. The lowest BCUT2D eigenvalue weighted by Crippen LogP contribution is -2.57. The molecule has 0 radical (unpaired) electrons. The molecule has 0 aromatic rings. The maximum atomic E-state index is 6.07. The zero-order valence-corrected chi connectivity index (χ0v) is 10.3. The lowest BCUT2D eigenvalue weighted by Gasteiger charge is -2.50. The van der Waals surface area contributed by atoms with Gasteiger partial charge in [0.25, 0.3) is 0 Å². The van der Waals surface area contributed by atoms with Gasteiger partial charge in [0.05, 0.1) is 0 Å². The van der Waals surface area contributed by atoms with Gasteiger partial charge in [0.2, 0.25) is 0 Å². The highest BCUT2D eigenvalue weighted by Gasteiger charge is 2.41. The van der Waals surface area contributed by atoms with Crippen LogP contribution in [0.15, 0.2) is 0 Å². The number of piperidine rings is 1. The zero-order valence-electron chi connectivity index (χ0n) is 10.3. The molecule has 2 heterocycles. The summed E-state index contributed by atoms with van der Waals surface area (Å²) < 4.78 is 0. The van der Waals surface area contributed by atoms with Gasteiger partial charge in [-0.2, -0.15) is 0 Å². The van der Waals surface area contributed by atoms with Crippen molar-refractivity contribution in [3.05, 3.63) is 0 Å². The van der Waals surface area contributed by atoms with Crippen molar-refractivity contribution in [3.8, 4) is 0 Å². The van der Waals surface area contributed by atoms with Crippen molar-refractivity contribution in [2.75, 3.05) is 26.2 Å². The van der Waals surface area contributed by atoms with Crippen LogP contribution < -0.4 is 11.1 Å². The molecule has 0 aromatic heterocycles. The van der Waals surface area contributed by atoms with E-state index in [9.17, 15) is 0 Å². The molecule has 0 amide bonds. The summed E-state index contributed by atoms with van der Waals surface area (Å²) in [5.41, 5.74) is 6.77. The predicted octanol–water partition coefficient (Wildman–Crippen LogP) is 0.942. The van der Waals surface area contributed by atoms with Crippen LogP contribution >= 0.6 is 0 Å². The van der Waals surface area contributed by atoms with Gasteiger partial charge < -0.3 is 11.1 Å². The molecule has 1 unspecified atom stereocenters. The second-order valence-electron chi connectivity index (χ2n) is 6.23. The molecular weight excluding hydrogens is 198 g/mol. The summed E-state index contributed by atoms with van der Waals surface area (Å²) in [5.74, 6) is 0. The largest absolute Gasteiger partial charge is 0.327 e. The molecule has 2 saturated heterocycles. The van der Waals surface area contributed by atoms with Crippen LogP contribution in [0.2, 0.25) is 0 Å². The molecule has 16 heavy (non-hydrogen) atoms. The lowest BCUT2D eigenvalue weighted by atomic mass is 9.68. The van der Waals surface area contributed by atoms with Crippen LogP contribution in [0.1, 0.15) is 38.5 Å². The first-order valence-corrected chi connectivity index (χ1v) is 6.98. The van der Waals surface area contributed by atoms with Gasteiger partial charge in [-0.05, 0) is 50.5 Å². The topological polar surface area (TPSA) is 41.3 Å². The fourth-order valence-corrected chi connectivity index (χ4v) is 3.78. The van der Waals surface area contributed by atoms with E-state index in [0.717, 1.165) is 12.6 Å². The molecule has 2 aliphatic heterocycles. The summed E-state index contributed by atoms with van der Waals surface area (Å²) in [6.07, 6.45) is 8.25. The Bertz CT molecular complexity index is 240. The van der Waals surface area contributed by atoms with E-state index in [1.165, 1.54) is 58.2 Å². The first-order chi connectivity index (χ1) is 7.77. The molecule has 3 aliphatic rings. The third-order valence-corrected chi connectivity index (χ3v) is 5.02. The molecule has 1 spiro atoms. The first-order valence-electron chi connectivity index (χ1n) is 6.98. The van der Waals surface area contributed by atoms with E-state index in [1.54, 1.807) is 0 Å². The molecule has 3 rings (SSSR count). The van der Waals surface area contributed by atoms with Crippen molar-refractivity contribution in [3.63, 3.8) is 0 Å². The highest BCUT2D eigenvalue weighted by atomic mass is 15.2. The van der Waals surface area contributed by atoms with Crippen LogP contribution in [0.4, 0.5) is 0 Å². The molecule has 0 bridgehead atoms. The molecule has 3 nitrogen and oxygen atoms in total. The van der Waals surface area contributed by atoms with Gasteiger partial charge in [-0.15, -0.1) is 0 Å². The Morgan fingerprint density at radius 3 is 2.44 bits per heavy atom. The summed E-state index contributed by atoms with van der Waals surface area (Å²) in [6.45, 7) is 5.00. The second-order valence-corrected chi connectivity index (χ2v) is 6.23. The van der Waals surface area contributed by atoms with E-state index in [4.69, 9.17) is 5.73 Å². The number of hydrogen-bond donors (Lipinski definition) is 2. The highest BCUT2D eigenvalue weighted by Crippen LogP contribution is 2.41. The molecule has 92 valence electrons. The minimum absolute atomic E-state index is 0.440. The van der Waals surface area contributed by atoms with Gasteiger partial charge in [0.1, 0.15) is 0 Å². The van der Waals surface area contributed by atoms with Gasteiger partial charge >= 0.3 is 0 Å². The smallest absolute Gasteiger partial charge is 0.0168 e. The van der Waals surface area contributed by atoms with Gasteiger partial charge in [-0.1, -0.05) is 0 Å². The SMILES string of the molecule is NC1CCCN(C2CCC3(CC2)CNC3)C1. The van der Waals surface area contributed by atoms with Crippen molar-refractivity contribution in [1.29, 1.82) is 0 Å². The first kappa shape index (κ1) is 11.0. The van der Waals surface area contributed by atoms with Gasteiger partial charge in [-0.3, -0.25) is 4.90 Å². The second kappa shape index (κ2) is 4.28. The third-order valence-electron chi connectivity index (χ3n) is 5.02. The fraction of sp³-hybridized carbons (Fsp3) is 1.00. The van der Waals surface area contributed by atoms with E-state index in [1.807, 2.05) is 0 Å². The summed E-state index contributed by atoms with van der Waals surface area (Å²) in [4.78, 5) is 2.67. The van der Waals surface area contributed by atoms with Crippen molar-refractivity contribution in [2.24, 2.45) is 11.1 Å². The van der Waals surface area contributed by atoms with Crippen LogP contribution in [0.25, 0.3) is 0 Å². The maximum Gasteiger partial charge on any atom is 0.0168 e. The Balaban J connectivity index is 1.53. The Kier molecular flexibility index (Phi) is 2.94. The maximum absolute atomic E-state index is 6.07. The molecule has 1 atom stereocenters. The van der Waals surface area contributed by atoms with E-state index in [0.29, 0.717) is 11.5 Å². The lowest BCUT2D eigenvalue weighted by molar-refractivity contribution is 0.0395. The molecule has 0 aromatic carbocycles. The van der Waals surface area contributed by atoms with E-state index in [-0.39, 0.29) is 0 Å². The number of hydrogen-bond acceptors (Lipinski definition) is 3. The van der Waals surface area contributed by atoms with E-state index >= 15 is 0 Å². The fourth-order valence-electron chi connectivity index (χ4n) is 3.78. The van der Waals surface area contributed by atoms with Crippen LogP contribution in [0.5, 0.6) is 0 Å². The van der Waals surface area contributed by atoms with Crippen molar-refractivity contribution >= 4 is 0 Å². The van der Waals surface area contributed by atoms with Crippen LogP contribution in [-0.4, -0.2) is 43.2 Å². The molecule has 1 saturated carbocycles. The summed E-state index contributed by atoms with van der Waals surface area (Å²) in [6, 6.07) is 1.28. The number of rotatable bonds is 1. The Hall–Kier alpha value is -0.120. The number of nitrogens with one attached hydrogen (secondary N) is 1. The highest BCUT2D eigenvalue weighted by molar-refractivity contribution is 4.98. The Morgan fingerprint density at radius 2 is 1.88 bits per heavy atom. The van der Waals surface area contributed by atoms with E-state index < -0.39 is 0 Å². The normalized spacial score (nSPS) is 36.2. The van der Waals surface area contributed by atoms with Crippen LogP contribution in [-0.2, 0) is 0 Å². The van der Waals surface area contributed by atoms with Crippen LogP contribution in [0.3, 0.4) is 0 Å². The van der Waals surface area contributed by atoms with Crippen molar-refractivity contribution in [1.82, 2.24) is 10.2 Å². The molecule has 1 aliphatic carbocycles. The molecule has 3 fully saturated rings. The number of nitrogens with zero attached hydrogens (tertiary/aromatic N) is 1. The van der Waals surface area contributed by atoms with Gasteiger partial charge in [-0.25, -0.2) is 0 Å². The average molecular weight is 223 g/mol. The monoisotopic (exact) mass is 223 g/mol. The molecule has 3 heteroatoms. The van der Waals surface area contributed by atoms with Crippen molar-refractivity contribution in [2.45, 2.75) is 50.6 Å². The third kappa shape index (κ3) is 2.01. The minimum atomic E-state index is 0.440. The standard InChI is InChI=1S/C13H25N3/c14-11-2-1-7-16(8-11)12-3-5-13(6-4-12)9-15-10-13/h11-12,15H,1-10,14H2. The predicted molar refractivity (Wildman–Crippen MR) is 66.3 cm³/mol. The zero-order chi connectivity index (χ0) is 11.0. The summed E-state index contributed by atoms with van der Waals surface area (Å²) >= 11 is 0. The summed E-state index contributed by atoms with van der Waals surface area (Å²) in [7, 11) is 0. The minimum Gasteiger partial charge on any atom is -0.327 e. The van der Waals surface area contributed by atoms with Crippen molar-refractivity contribution < 1.29 is 0 Å².